The van der Waals surface area contributed by atoms with Gasteiger partial charge < -0.3 is 5.32 Å². The van der Waals surface area contributed by atoms with Crippen molar-refractivity contribution < 1.29 is 4.79 Å². The third kappa shape index (κ3) is 3.84. The fourth-order valence-corrected chi connectivity index (χ4v) is 2.55. The standard InChI is InChI=1S/C14H16INO/c15-13-8-4-7-12(9-13)14(17)16-10-11-5-2-1-3-6-11/h1-2,4,7-9,11H,3,5-6,10H2,(H,16,17). The van der Waals surface area contributed by atoms with Crippen LogP contribution in [0.2, 0.25) is 0 Å². The molecule has 0 saturated heterocycles. The van der Waals surface area contributed by atoms with Gasteiger partial charge in [-0.1, -0.05) is 18.2 Å². The zero-order valence-corrected chi connectivity index (χ0v) is 11.8. The molecule has 1 N–H and O–H groups in total. The number of carbonyl (C=O) groups is 1. The Kier molecular flexibility index (Phi) is 4.59. The van der Waals surface area contributed by atoms with Gasteiger partial charge in [0.25, 0.3) is 5.91 Å². The molecule has 0 fully saturated rings. The number of benzene rings is 1. The van der Waals surface area contributed by atoms with Gasteiger partial charge in [0.1, 0.15) is 0 Å². The Morgan fingerprint density at radius 2 is 2.29 bits per heavy atom. The van der Waals surface area contributed by atoms with E-state index in [0.717, 1.165) is 28.5 Å². The predicted octanol–water partition coefficient (Wildman–Crippen LogP) is 3.38. The molecule has 0 heterocycles. The SMILES string of the molecule is O=C(NCC1CC=CCC1)c1cccc(I)c1. The maximum Gasteiger partial charge on any atom is 0.251 e. The Bertz CT molecular complexity index is 428. The summed E-state index contributed by atoms with van der Waals surface area (Å²) in [6, 6.07) is 7.68. The Morgan fingerprint density at radius 3 is 3.00 bits per heavy atom. The molecule has 0 spiro atoms. The molecule has 17 heavy (non-hydrogen) atoms. The van der Waals surface area contributed by atoms with Gasteiger partial charge in [-0.2, -0.15) is 0 Å². The first-order chi connectivity index (χ1) is 8.25. The molecule has 0 saturated carbocycles. The quantitative estimate of drug-likeness (QED) is 0.663. The van der Waals surface area contributed by atoms with Gasteiger partial charge in [-0.25, -0.2) is 0 Å². The molecule has 2 nitrogen and oxygen atoms in total. The van der Waals surface area contributed by atoms with E-state index in [0.29, 0.717) is 5.92 Å². The molecule has 90 valence electrons. The fraction of sp³-hybridized carbons (Fsp3) is 0.357. The Balaban J connectivity index is 1.87. The van der Waals surface area contributed by atoms with Crippen LogP contribution in [0.4, 0.5) is 0 Å². The summed E-state index contributed by atoms with van der Waals surface area (Å²) in [5, 5.41) is 3.02. The molecular formula is C14H16INO. The van der Waals surface area contributed by atoms with Crippen LogP contribution in [0.25, 0.3) is 0 Å². The van der Waals surface area contributed by atoms with E-state index in [9.17, 15) is 4.79 Å². The maximum absolute atomic E-state index is 11.9. The van der Waals surface area contributed by atoms with Gasteiger partial charge in [0.05, 0.1) is 0 Å². The molecule has 1 aliphatic rings. The van der Waals surface area contributed by atoms with Crippen LogP contribution >= 0.6 is 22.6 Å². The molecule has 1 amide bonds. The summed E-state index contributed by atoms with van der Waals surface area (Å²) in [5.41, 5.74) is 0.753. The van der Waals surface area contributed by atoms with Gasteiger partial charge in [0.15, 0.2) is 0 Å². The summed E-state index contributed by atoms with van der Waals surface area (Å²) in [5.74, 6) is 0.643. The van der Waals surface area contributed by atoms with Crippen molar-refractivity contribution in [2.45, 2.75) is 19.3 Å². The van der Waals surface area contributed by atoms with Crippen molar-refractivity contribution in [1.29, 1.82) is 0 Å². The van der Waals surface area contributed by atoms with E-state index in [1.54, 1.807) is 0 Å². The number of amides is 1. The summed E-state index contributed by atoms with van der Waals surface area (Å²) < 4.78 is 1.09. The van der Waals surface area contributed by atoms with Crippen molar-refractivity contribution in [1.82, 2.24) is 5.32 Å². The lowest BCUT2D eigenvalue weighted by Gasteiger charge is -2.18. The highest BCUT2D eigenvalue weighted by Gasteiger charge is 2.12. The van der Waals surface area contributed by atoms with E-state index in [4.69, 9.17) is 0 Å². The monoisotopic (exact) mass is 341 g/mol. The molecule has 2 rings (SSSR count). The van der Waals surface area contributed by atoms with Crippen molar-refractivity contribution >= 4 is 28.5 Å². The van der Waals surface area contributed by atoms with E-state index < -0.39 is 0 Å². The average Bonchev–Trinajstić information content (AvgIpc) is 2.37. The lowest BCUT2D eigenvalue weighted by atomic mass is 9.94. The number of rotatable bonds is 3. The number of nitrogens with one attached hydrogen (secondary N) is 1. The van der Waals surface area contributed by atoms with Crippen LogP contribution in [-0.4, -0.2) is 12.5 Å². The van der Waals surface area contributed by atoms with Crippen molar-refractivity contribution in [3.63, 3.8) is 0 Å². The molecular weight excluding hydrogens is 325 g/mol. The second-order valence-electron chi connectivity index (χ2n) is 4.37. The third-order valence-electron chi connectivity index (χ3n) is 3.02. The molecule has 1 aliphatic carbocycles. The normalized spacial score (nSPS) is 19.0. The zero-order valence-electron chi connectivity index (χ0n) is 9.66. The lowest BCUT2D eigenvalue weighted by Crippen LogP contribution is -2.29. The van der Waals surface area contributed by atoms with E-state index in [2.05, 4.69) is 40.1 Å². The minimum atomic E-state index is 0.0399. The van der Waals surface area contributed by atoms with Gasteiger partial charge in [0, 0.05) is 15.7 Å². The van der Waals surface area contributed by atoms with E-state index >= 15 is 0 Å². The van der Waals surface area contributed by atoms with Gasteiger partial charge in [-0.05, 0) is 66.0 Å². The number of hydrogen-bond acceptors (Lipinski definition) is 1. The fourth-order valence-electron chi connectivity index (χ4n) is 2.01. The number of hydrogen-bond donors (Lipinski definition) is 1. The van der Waals surface area contributed by atoms with E-state index in [-0.39, 0.29) is 5.91 Å². The maximum atomic E-state index is 11.9. The van der Waals surface area contributed by atoms with Gasteiger partial charge in [-0.3, -0.25) is 4.79 Å². The van der Waals surface area contributed by atoms with Crippen LogP contribution in [-0.2, 0) is 0 Å². The summed E-state index contributed by atoms with van der Waals surface area (Å²) in [6.07, 6.45) is 7.85. The third-order valence-corrected chi connectivity index (χ3v) is 3.69. The van der Waals surface area contributed by atoms with E-state index in [1.165, 1.54) is 6.42 Å². The minimum Gasteiger partial charge on any atom is -0.352 e. The van der Waals surface area contributed by atoms with Gasteiger partial charge in [0.2, 0.25) is 0 Å². The molecule has 1 unspecified atom stereocenters. The van der Waals surface area contributed by atoms with Gasteiger partial charge >= 0.3 is 0 Å². The molecule has 0 aromatic heterocycles. The topological polar surface area (TPSA) is 29.1 Å². The Hall–Kier alpha value is -0.840. The summed E-state index contributed by atoms with van der Waals surface area (Å²) in [6.45, 7) is 0.786. The van der Waals surface area contributed by atoms with Crippen LogP contribution in [0.5, 0.6) is 0 Å². The molecule has 0 aliphatic heterocycles. The van der Waals surface area contributed by atoms with Crippen molar-refractivity contribution in [2.24, 2.45) is 5.92 Å². The first-order valence-electron chi connectivity index (χ1n) is 5.94. The molecule has 1 aromatic carbocycles. The molecule has 1 atom stereocenters. The first-order valence-corrected chi connectivity index (χ1v) is 7.02. The number of allylic oxidation sites excluding steroid dienone is 2. The molecule has 3 heteroatoms. The molecule has 1 aromatic rings. The van der Waals surface area contributed by atoms with Crippen LogP contribution < -0.4 is 5.32 Å². The summed E-state index contributed by atoms with van der Waals surface area (Å²) in [7, 11) is 0. The minimum absolute atomic E-state index is 0.0399. The van der Waals surface area contributed by atoms with Crippen LogP contribution in [0.15, 0.2) is 36.4 Å². The predicted molar refractivity (Wildman–Crippen MR) is 78.0 cm³/mol. The summed E-state index contributed by atoms with van der Waals surface area (Å²) in [4.78, 5) is 11.9. The first kappa shape index (κ1) is 12.6. The summed E-state index contributed by atoms with van der Waals surface area (Å²) >= 11 is 2.22. The number of halogens is 1. The molecule has 0 bridgehead atoms. The highest BCUT2D eigenvalue weighted by Crippen LogP contribution is 2.17. The zero-order chi connectivity index (χ0) is 12.1. The van der Waals surface area contributed by atoms with Crippen molar-refractivity contribution in [3.8, 4) is 0 Å². The Labute approximate surface area is 116 Å². The second-order valence-corrected chi connectivity index (χ2v) is 5.62. The highest BCUT2D eigenvalue weighted by molar-refractivity contribution is 14.1. The highest BCUT2D eigenvalue weighted by atomic mass is 127. The van der Waals surface area contributed by atoms with Crippen molar-refractivity contribution in [2.75, 3.05) is 6.54 Å². The second kappa shape index (κ2) is 6.19. The van der Waals surface area contributed by atoms with Crippen molar-refractivity contribution in [3.05, 3.63) is 45.6 Å². The number of carbonyl (C=O) groups excluding carboxylic acids is 1. The molecule has 0 radical (unpaired) electrons. The van der Waals surface area contributed by atoms with Crippen LogP contribution in [0, 0.1) is 9.49 Å². The average molecular weight is 341 g/mol. The lowest BCUT2D eigenvalue weighted by molar-refractivity contribution is 0.0946. The smallest absolute Gasteiger partial charge is 0.251 e. The van der Waals surface area contributed by atoms with Crippen LogP contribution in [0.3, 0.4) is 0 Å². The van der Waals surface area contributed by atoms with Gasteiger partial charge in [-0.15, -0.1) is 0 Å². The largest absolute Gasteiger partial charge is 0.352 e. The van der Waals surface area contributed by atoms with Crippen LogP contribution in [0.1, 0.15) is 29.6 Å². The van der Waals surface area contributed by atoms with E-state index in [1.807, 2.05) is 24.3 Å². The Morgan fingerprint density at radius 1 is 1.41 bits per heavy atom.